The predicted octanol–water partition coefficient (Wildman–Crippen LogP) is 4.42. The van der Waals surface area contributed by atoms with Crippen LogP contribution in [0, 0.1) is 0 Å². The van der Waals surface area contributed by atoms with Gasteiger partial charge < -0.3 is 5.32 Å². The van der Waals surface area contributed by atoms with Crippen LogP contribution in [0.25, 0.3) is 22.2 Å². The van der Waals surface area contributed by atoms with Crippen molar-refractivity contribution in [1.82, 2.24) is 20.4 Å². The predicted molar refractivity (Wildman–Crippen MR) is 91.9 cm³/mol. The first-order chi connectivity index (χ1) is 11.3. The number of nitrogens with zero attached hydrogens (tertiary/aromatic N) is 3. The highest BCUT2D eigenvalue weighted by atomic mass is 35.5. The van der Waals surface area contributed by atoms with Crippen LogP contribution in [0.15, 0.2) is 60.8 Å². The molecule has 2 N–H and O–H groups in total. The van der Waals surface area contributed by atoms with Crippen LogP contribution in [-0.4, -0.2) is 20.4 Å². The Morgan fingerprint density at radius 2 is 1.91 bits per heavy atom. The third-order valence-corrected chi connectivity index (χ3v) is 3.80. The zero-order valence-electron chi connectivity index (χ0n) is 12.0. The number of benzene rings is 2. The van der Waals surface area contributed by atoms with E-state index in [2.05, 4.69) is 25.7 Å². The number of aromatic nitrogens is 4. The van der Waals surface area contributed by atoms with Gasteiger partial charge in [-0.2, -0.15) is 10.2 Å². The molecule has 0 aliphatic rings. The van der Waals surface area contributed by atoms with Gasteiger partial charge in [0.25, 0.3) is 0 Å². The number of hydrogen-bond acceptors (Lipinski definition) is 4. The molecule has 6 heteroatoms. The molecule has 2 heterocycles. The highest BCUT2D eigenvalue weighted by Gasteiger charge is 2.10. The maximum absolute atomic E-state index is 6.11. The molecular formula is C17H12ClN5. The van der Waals surface area contributed by atoms with Gasteiger partial charge in [-0.05, 0) is 29.8 Å². The van der Waals surface area contributed by atoms with Gasteiger partial charge in [-0.25, -0.2) is 0 Å². The molecule has 112 valence electrons. The van der Waals surface area contributed by atoms with E-state index in [4.69, 9.17) is 11.6 Å². The first-order valence-corrected chi connectivity index (χ1v) is 7.47. The molecule has 0 atom stereocenters. The van der Waals surface area contributed by atoms with Gasteiger partial charge in [-0.15, -0.1) is 5.10 Å². The summed E-state index contributed by atoms with van der Waals surface area (Å²) >= 11 is 6.11. The maximum atomic E-state index is 6.11. The summed E-state index contributed by atoms with van der Waals surface area (Å²) in [4.78, 5) is 0. The fourth-order valence-electron chi connectivity index (χ4n) is 2.50. The fraction of sp³-hybridized carbons (Fsp3) is 0. The van der Waals surface area contributed by atoms with Crippen molar-refractivity contribution < 1.29 is 0 Å². The molecule has 2 aromatic carbocycles. The van der Waals surface area contributed by atoms with Gasteiger partial charge in [0.15, 0.2) is 11.5 Å². The number of anilines is 2. The molecule has 23 heavy (non-hydrogen) atoms. The highest BCUT2D eigenvalue weighted by Crippen LogP contribution is 2.32. The normalized spacial score (nSPS) is 10.8. The lowest BCUT2D eigenvalue weighted by Crippen LogP contribution is -1.94. The molecule has 0 bridgehead atoms. The molecule has 0 aliphatic carbocycles. The second kappa shape index (κ2) is 5.70. The fourth-order valence-corrected chi connectivity index (χ4v) is 2.69. The number of para-hydroxylation sites is 1. The van der Waals surface area contributed by atoms with Crippen molar-refractivity contribution in [2.45, 2.75) is 0 Å². The van der Waals surface area contributed by atoms with Gasteiger partial charge in [0.1, 0.15) is 0 Å². The molecule has 4 aromatic rings. The summed E-state index contributed by atoms with van der Waals surface area (Å²) in [5, 5.41) is 20.0. The van der Waals surface area contributed by atoms with Crippen LogP contribution in [0.4, 0.5) is 11.5 Å². The van der Waals surface area contributed by atoms with Crippen molar-refractivity contribution >= 4 is 34.1 Å². The van der Waals surface area contributed by atoms with Crippen molar-refractivity contribution in [2.24, 2.45) is 0 Å². The number of aromatic amines is 1. The Morgan fingerprint density at radius 1 is 1.00 bits per heavy atom. The van der Waals surface area contributed by atoms with E-state index < -0.39 is 0 Å². The second-order valence-electron chi connectivity index (χ2n) is 5.05. The maximum Gasteiger partial charge on any atom is 0.180 e. The molecule has 0 saturated heterocycles. The van der Waals surface area contributed by atoms with E-state index in [1.807, 2.05) is 54.6 Å². The number of rotatable bonds is 3. The summed E-state index contributed by atoms with van der Waals surface area (Å²) in [6, 6.07) is 17.7. The summed E-state index contributed by atoms with van der Waals surface area (Å²) < 4.78 is 0. The van der Waals surface area contributed by atoms with Gasteiger partial charge in [0.05, 0.1) is 11.6 Å². The van der Waals surface area contributed by atoms with Crippen molar-refractivity contribution in [3.63, 3.8) is 0 Å². The second-order valence-corrected chi connectivity index (χ2v) is 5.48. The summed E-state index contributed by atoms with van der Waals surface area (Å²) in [6.45, 7) is 0. The van der Waals surface area contributed by atoms with E-state index in [-0.39, 0.29) is 0 Å². The molecular weight excluding hydrogens is 310 g/mol. The average molecular weight is 322 g/mol. The smallest absolute Gasteiger partial charge is 0.180 e. The Hall–Kier alpha value is -2.92. The van der Waals surface area contributed by atoms with E-state index in [0.717, 1.165) is 22.2 Å². The molecule has 5 nitrogen and oxygen atoms in total. The molecule has 0 saturated carbocycles. The monoisotopic (exact) mass is 321 g/mol. The van der Waals surface area contributed by atoms with Gasteiger partial charge >= 0.3 is 0 Å². The molecule has 0 fully saturated rings. The minimum Gasteiger partial charge on any atom is -0.338 e. The van der Waals surface area contributed by atoms with Crippen LogP contribution in [0.1, 0.15) is 0 Å². The van der Waals surface area contributed by atoms with Gasteiger partial charge in [0, 0.05) is 16.3 Å². The molecule has 0 spiro atoms. The average Bonchev–Trinajstić information content (AvgIpc) is 2.99. The van der Waals surface area contributed by atoms with Crippen molar-refractivity contribution in [3.05, 3.63) is 65.8 Å². The van der Waals surface area contributed by atoms with Gasteiger partial charge in [-0.3, -0.25) is 5.10 Å². The lowest BCUT2D eigenvalue weighted by atomic mass is 10.0. The first-order valence-electron chi connectivity index (χ1n) is 7.09. The number of nitrogens with one attached hydrogen (secondary N) is 2. The lowest BCUT2D eigenvalue weighted by molar-refractivity contribution is 1.02. The van der Waals surface area contributed by atoms with Gasteiger partial charge in [-0.1, -0.05) is 41.9 Å². The summed E-state index contributed by atoms with van der Waals surface area (Å²) in [5.74, 6) is 0.712. The first kappa shape index (κ1) is 13.7. The van der Waals surface area contributed by atoms with Crippen molar-refractivity contribution in [2.75, 3.05) is 5.32 Å². The number of fused-ring (bicyclic) bond motifs is 1. The minimum absolute atomic E-state index is 0.648. The van der Waals surface area contributed by atoms with E-state index in [0.29, 0.717) is 16.5 Å². The number of hydrogen-bond donors (Lipinski definition) is 2. The Labute approximate surface area is 137 Å². The third kappa shape index (κ3) is 2.62. The quantitative estimate of drug-likeness (QED) is 0.586. The van der Waals surface area contributed by atoms with Crippen molar-refractivity contribution in [1.29, 1.82) is 0 Å². The van der Waals surface area contributed by atoms with Crippen LogP contribution in [0.5, 0.6) is 0 Å². The zero-order chi connectivity index (χ0) is 15.6. The highest BCUT2D eigenvalue weighted by molar-refractivity contribution is 6.30. The zero-order valence-corrected chi connectivity index (χ0v) is 12.7. The minimum atomic E-state index is 0.648. The van der Waals surface area contributed by atoms with Crippen molar-refractivity contribution in [3.8, 4) is 11.1 Å². The van der Waals surface area contributed by atoms with E-state index in [1.54, 1.807) is 6.20 Å². The van der Waals surface area contributed by atoms with E-state index in [1.165, 1.54) is 0 Å². The number of H-pyrrole nitrogens is 1. The van der Waals surface area contributed by atoms with Crippen LogP contribution in [-0.2, 0) is 0 Å². The summed E-state index contributed by atoms with van der Waals surface area (Å²) in [5.41, 5.74) is 3.68. The molecule has 0 amide bonds. The Bertz CT molecular complexity index is 979. The summed E-state index contributed by atoms with van der Waals surface area (Å²) in [7, 11) is 0. The largest absolute Gasteiger partial charge is 0.338 e. The standard InChI is InChI=1S/C17H12ClN5/c18-12-5-3-4-11(10-12)13-6-1-2-7-15(13)20-16-14-8-9-19-21-17(14)23-22-16/h1-10H,(H2,20,21,22,23). The van der Waals surface area contributed by atoms with Crippen LogP contribution >= 0.6 is 11.6 Å². The Kier molecular flexibility index (Phi) is 3.40. The van der Waals surface area contributed by atoms with Crippen LogP contribution in [0.3, 0.4) is 0 Å². The molecule has 2 aromatic heterocycles. The Morgan fingerprint density at radius 3 is 2.83 bits per heavy atom. The molecule has 0 aliphatic heterocycles. The molecule has 0 radical (unpaired) electrons. The lowest BCUT2D eigenvalue weighted by Gasteiger charge is -2.11. The Balaban J connectivity index is 1.78. The topological polar surface area (TPSA) is 66.5 Å². The van der Waals surface area contributed by atoms with Crippen LogP contribution < -0.4 is 5.32 Å². The van der Waals surface area contributed by atoms with E-state index in [9.17, 15) is 0 Å². The third-order valence-electron chi connectivity index (χ3n) is 3.57. The van der Waals surface area contributed by atoms with Crippen LogP contribution in [0.2, 0.25) is 5.02 Å². The SMILES string of the molecule is Clc1cccc(-c2ccccc2Nc2n[nH]c3nnccc23)c1. The van der Waals surface area contributed by atoms with Gasteiger partial charge in [0.2, 0.25) is 0 Å². The molecule has 0 unspecified atom stereocenters. The molecule has 4 rings (SSSR count). The summed E-state index contributed by atoms with van der Waals surface area (Å²) in [6.07, 6.45) is 1.64. The number of halogens is 1. The van der Waals surface area contributed by atoms with E-state index >= 15 is 0 Å².